The molecule has 4 aliphatic heterocycles. The average molecular weight is 340 g/mol. The Morgan fingerprint density at radius 3 is 2.17 bits per heavy atom. The summed E-state index contributed by atoms with van der Waals surface area (Å²) in [6.07, 6.45) is 1.69. The van der Waals surface area contributed by atoms with Gasteiger partial charge in [0.25, 0.3) is 0 Å². The fourth-order valence-corrected chi connectivity index (χ4v) is 4.98. The van der Waals surface area contributed by atoms with Crippen LogP contribution in [0.5, 0.6) is 0 Å². The molecule has 4 aliphatic rings. The molecule has 136 valence electrons. The summed E-state index contributed by atoms with van der Waals surface area (Å²) in [7, 11) is 0. The van der Waals surface area contributed by atoms with E-state index in [1.165, 1.54) is 0 Å². The highest BCUT2D eigenvalue weighted by Crippen LogP contribution is 2.55. The van der Waals surface area contributed by atoms with E-state index in [-0.39, 0.29) is 35.3 Å². The van der Waals surface area contributed by atoms with E-state index in [0.717, 1.165) is 12.8 Å². The van der Waals surface area contributed by atoms with Crippen LogP contribution in [0.4, 0.5) is 4.79 Å². The van der Waals surface area contributed by atoms with Crippen LogP contribution in [-0.2, 0) is 18.9 Å². The molecule has 0 aliphatic carbocycles. The largest absolute Gasteiger partial charge is 0.447 e. The number of hydrogen-bond acceptors (Lipinski definition) is 6. The zero-order chi connectivity index (χ0) is 17.2. The van der Waals surface area contributed by atoms with Crippen molar-refractivity contribution in [1.82, 2.24) is 9.80 Å². The first kappa shape index (κ1) is 16.6. The van der Waals surface area contributed by atoms with Crippen LogP contribution in [0.3, 0.4) is 0 Å². The molecule has 7 heteroatoms. The molecule has 0 aromatic rings. The van der Waals surface area contributed by atoms with Gasteiger partial charge in [-0.25, -0.2) is 9.69 Å². The molecule has 0 aromatic heterocycles. The molecular weight excluding hydrogens is 312 g/mol. The maximum atomic E-state index is 12.5. The van der Waals surface area contributed by atoms with Crippen molar-refractivity contribution in [2.75, 3.05) is 32.9 Å². The monoisotopic (exact) mass is 340 g/mol. The number of ether oxygens (including phenoxy) is 4. The molecule has 4 rings (SSSR count). The van der Waals surface area contributed by atoms with Crippen LogP contribution >= 0.6 is 0 Å². The van der Waals surface area contributed by atoms with E-state index in [2.05, 4.69) is 18.7 Å². The van der Waals surface area contributed by atoms with Gasteiger partial charge in [0.15, 0.2) is 0 Å². The molecule has 0 saturated carbocycles. The van der Waals surface area contributed by atoms with Gasteiger partial charge in [-0.1, -0.05) is 0 Å². The summed E-state index contributed by atoms with van der Waals surface area (Å²) >= 11 is 0. The normalized spacial score (nSPS) is 47.9. The molecule has 4 heterocycles. The predicted octanol–water partition coefficient (Wildman–Crippen LogP) is 1.56. The van der Waals surface area contributed by atoms with E-state index in [1.807, 2.05) is 13.8 Å². The Morgan fingerprint density at radius 1 is 1.08 bits per heavy atom. The molecule has 0 N–H and O–H groups in total. The minimum atomic E-state index is -0.362. The molecule has 4 unspecified atom stereocenters. The van der Waals surface area contributed by atoms with Crippen LogP contribution in [0.1, 0.15) is 40.5 Å². The van der Waals surface area contributed by atoms with Crippen LogP contribution in [0.2, 0.25) is 0 Å². The van der Waals surface area contributed by atoms with Gasteiger partial charge in [-0.05, 0) is 40.5 Å². The van der Waals surface area contributed by atoms with Crippen molar-refractivity contribution in [2.24, 2.45) is 0 Å². The van der Waals surface area contributed by atoms with E-state index >= 15 is 0 Å². The van der Waals surface area contributed by atoms with Gasteiger partial charge in [0.05, 0.1) is 38.5 Å². The Morgan fingerprint density at radius 2 is 1.62 bits per heavy atom. The van der Waals surface area contributed by atoms with Gasteiger partial charge >= 0.3 is 6.09 Å². The van der Waals surface area contributed by atoms with Crippen molar-refractivity contribution >= 4 is 6.09 Å². The summed E-state index contributed by atoms with van der Waals surface area (Å²) < 4.78 is 23.6. The highest BCUT2D eigenvalue weighted by atomic mass is 16.6. The molecule has 4 atom stereocenters. The molecule has 0 radical (unpaired) electrons. The molecule has 1 amide bonds. The smallest absolute Gasteiger partial charge is 0.410 e. The molecule has 0 aromatic carbocycles. The number of carbonyl (C=O) groups is 1. The Hall–Kier alpha value is -0.890. The third-order valence-corrected chi connectivity index (χ3v) is 5.92. The number of rotatable bonds is 2. The van der Waals surface area contributed by atoms with E-state index in [9.17, 15) is 4.79 Å². The Kier molecular flexibility index (Phi) is 3.66. The van der Waals surface area contributed by atoms with E-state index in [4.69, 9.17) is 18.9 Å². The quantitative estimate of drug-likeness (QED) is 0.760. The lowest BCUT2D eigenvalue weighted by molar-refractivity contribution is -0.126. The Balaban J connectivity index is 1.43. The molecule has 4 saturated heterocycles. The Bertz CT molecular complexity index is 511. The highest BCUT2D eigenvalue weighted by molar-refractivity contribution is 5.68. The lowest BCUT2D eigenvalue weighted by atomic mass is 10.0. The van der Waals surface area contributed by atoms with Crippen molar-refractivity contribution in [3.63, 3.8) is 0 Å². The van der Waals surface area contributed by atoms with Gasteiger partial charge in [0, 0.05) is 0 Å². The summed E-state index contributed by atoms with van der Waals surface area (Å²) in [5.41, 5.74) is -0.974. The topological polar surface area (TPSA) is 60.5 Å². The van der Waals surface area contributed by atoms with E-state index in [1.54, 1.807) is 4.90 Å². The molecule has 7 nitrogen and oxygen atoms in total. The standard InChI is InChI=1S/C17H28N2O5/c1-12-7-18(8-13(2)24-12)14(20)21-9-17-10-22-15(3)5-6-16(4,19(15)17)23-11-17/h12-13H,5-11H2,1-4H3. The fourth-order valence-electron chi connectivity index (χ4n) is 4.98. The number of amides is 1. The third-order valence-electron chi connectivity index (χ3n) is 5.92. The van der Waals surface area contributed by atoms with Gasteiger partial charge in [0.1, 0.15) is 23.6 Å². The van der Waals surface area contributed by atoms with E-state index < -0.39 is 0 Å². The summed E-state index contributed by atoms with van der Waals surface area (Å²) in [5.74, 6) is 0. The zero-order valence-corrected chi connectivity index (χ0v) is 15.0. The van der Waals surface area contributed by atoms with Gasteiger partial charge in [0.2, 0.25) is 0 Å². The first-order valence-electron chi connectivity index (χ1n) is 8.92. The first-order valence-corrected chi connectivity index (χ1v) is 8.92. The number of carbonyl (C=O) groups excluding carboxylic acids is 1. The van der Waals surface area contributed by atoms with Crippen molar-refractivity contribution in [1.29, 1.82) is 0 Å². The number of morpholine rings is 1. The fraction of sp³-hybridized carbons (Fsp3) is 0.941. The molecular formula is C17H28N2O5. The SMILES string of the molecule is CC1CN(C(=O)OCC23COC4(C)CCC(C)(OC2)N34)CC(C)O1. The van der Waals surface area contributed by atoms with Crippen molar-refractivity contribution in [3.8, 4) is 0 Å². The zero-order valence-electron chi connectivity index (χ0n) is 15.0. The summed E-state index contributed by atoms with van der Waals surface area (Å²) in [4.78, 5) is 16.6. The summed E-state index contributed by atoms with van der Waals surface area (Å²) in [6.45, 7) is 10.7. The van der Waals surface area contributed by atoms with Crippen LogP contribution in [0.15, 0.2) is 0 Å². The second-order valence-corrected chi connectivity index (χ2v) is 8.20. The van der Waals surface area contributed by atoms with Crippen LogP contribution in [-0.4, -0.2) is 78.0 Å². The van der Waals surface area contributed by atoms with Gasteiger partial charge < -0.3 is 23.8 Å². The average Bonchev–Trinajstić information content (AvgIpc) is 3.09. The van der Waals surface area contributed by atoms with E-state index in [0.29, 0.717) is 32.9 Å². The summed E-state index contributed by atoms with van der Waals surface area (Å²) in [6, 6.07) is 0. The van der Waals surface area contributed by atoms with Crippen molar-refractivity contribution < 1.29 is 23.7 Å². The molecule has 0 bridgehead atoms. The minimum absolute atomic E-state index is 0.0363. The molecule has 24 heavy (non-hydrogen) atoms. The third kappa shape index (κ3) is 2.36. The number of hydrogen-bond donors (Lipinski definition) is 0. The minimum Gasteiger partial charge on any atom is -0.447 e. The molecule has 0 spiro atoms. The van der Waals surface area contributed by atoms with Gasteiger partial charge in [-0.3, -0.25) is 0 Å². The lowest BCUT2D eigenvalue weighted by Crippen LogP contribution is -2.57. The lowest BCUT2D eigenvalue weighted by Gasteiger charge is -2.38. The molecule has 4 fully saturated rings. The predicted molar refractivity (Wildman–Crippen MR) is 85.4 cm³/mol. The second-order valence-electron chi connectivity index (χ2n) is 8.20. The maximum absolute atomic E-state index is 12.5. The van der Waals surface area contributed by atoms with Crippen molar-refractivity contribution in [2.45, 2.75) is 69.7 Å². The number of nitrogens with zero attached hydrogens (tertiary/aromatic N) is 2. The van der Waals surface area contributed by atoms with Crippen molar-refractivity contribution in [3.05, 3.63) is 0 Å². The Labute approximate surface area is 143 Å². The van der Waals surface area contributed by atoms with Gasteiger partial charge in [-0.15, -0.1) is 0 Å². The maximum Gasteiger partial charge on any atom is 0.410 e. The van der Waals surface area contributed by atoms with Crippen LogP contribution in [0.25, 0.3) is 0 Å². The second kappa shape index (κ2) is 5.30. The van der Waals surface area contributed by atoms with Crippen LogP contribution < -0.4 is 0 Å². The van der Waals surface area contributed by atoms with Crippen LogP contribution in [0, 0.1) is 0 Å². The summed E-state index contributed by atoms with van der Waals surface area (Å²) in [5, 5.41) is 0. The highest BCUT2D eigenvalue weighted by Gasteiger charge is 2.69. The van der Waals surface area contributed by atoms with Gasteiger partial charge in [-0.2, -0.15) is 0 Å². The first-order chi connectivity index (χ1) is 11.3.